The van der Waals surface area contributed by atoms with Crippen LogP contribution >= 0.6 is 0 Å². The Morgan fingerprint density at radius 2 is 1.75 bits per heavy atom. The van der Waals surface area contributed by atoms with Gasteiger partial charge in [0.2, 0.25) is 0 Å². The summed E-state index contributed by atoms with van der Waals surface area (Å²) in [6, 6.07) is 6.08. The van der Waals surface area contributed by atoms with Crippen molar-refractivity contribution in [3.05, 3.63) is 64.7 Å². The molecular formula is C28H29FN6O. The van der Waals surface area contributed by atoms with E-state index in [9.17, 15) is 0 Å². The van der Waals surface area contributed by atoms with Crippen LogP contribution in [0.2, 0.25) is 0 Å². The number of aromatic nitrogens is 6. The van der Waals surface area contributed by atoms with E-state index in [-0.39, 0.29) is 17.8 Å². The van der Waals surface area contributed by atoms with Crippen LogP contribution in [0.5, 0.6) is 0 Å². The fraction of sp³-hybridized carbons (Fsp3) is 0.464. The Labute approximate surface area is 209 Å². The molecule has 3 fully saturated rings. The molecule has 36 heavy (non-hydrogen) atoms. The first-order valence-corrected chi connectivity index (χ1v) is 13.0. The lowest BCUT2D eigenvalue weighted by molar-refractivity contribution is 0.00396. The van der Waals surface area contributed by atoms with Crippen molar-refractivity contribution in [3.63, 3.8) is 0 Å². The van der Waals surface area contributed by atoms with E-state index >= 15 is 4.39 Å². The number of rotatable bonds is 5. The molecule has 7 nitrogen and oxygen atoms in total. The van der Waals surface area contributed by atoms with Gasteiger partial charge in [0.25, 0.3) is 0 Å². The highest BCUT2D eigenvalue weighted by Gasteiger charge is 2.31. The number of aryl methyl sites for hydroxylation is 2. The van der Waals surface area contributed by atoms with Gasteiger partial charge >= 0.3 is 0 Å². The molecule has 1 aliphatic heterocycles. The molecule has 3 aromatic heterocycles. The topological polar surface area (TPSA) is 78.6 Å². The van der Waals surface area contributed by atoms with Crippen molar-refractivity contribution in [2.75, 3.05) is 6.61 Å². The second-order valence-electron chi connectivity index (χ2n) is 10.6. The van der Waals surface area contributed by atoms with Gasteiger partial charge in [-0.05, 0) is 76.0 Å². The van der Waals surface area contributed by atoms with E-state index in [1.165, 1.54) is 12.8 Å². The molecule has 0 bridgehead atoms. The first-order chi connectivity index (χ1) is 17.5. The number of ether oxygens (including phenoxy) is 1. The van der Waals surface area contributed by atoms with Gasteiger partial charge in [0.05, 0.1) is 29.7 Å². The summed E-state index contributed by atoms with van der Waals surface area (Å²) in [5, 5.41) is 4.54. The SMILES string of the molecule is Cc1nc2nc([C@H]3CCO[C@H](c4cnn(C5CC5)c4)C3)nc(-c3ccc(C4CC4)cc3F)c2nc1C. The predicted molar refractivity (Wildman–Crippen MR) is 133 cm³/mol. The van der Waals surface area contributed by atoms with Crippen LogP contribution in [-0.2, 0) is 4.74 Å². The molecule has 4 heterocycles. The van der Waals surface area contributed by atoms with E-state index in [1.807, 2.05) is 32.2 Å². The summed E-state index contributed by atoms with van der Waals surface area (Å²) in [6.45, 7) is 4.46. The molecule has 8 heteroatoms. The zero-order valence-electron chi connectivity index (χ0n) is 20.6. The molecule has 2 saturated carbocycles. The molecule has 0 N–H and O–H groups in total. The smallest absolute Gasteiger partial charge is 0.182 e. The number of benzene rings is 1. The summed E-state index contributed by atoms with van der Waals surface area (Å²) in [4.78, 5) is 19.3. The van der Waals surface area contributed by atoms with Crippen LogP contribution in [0, 0.1) is 19.7 Å². The fourth-order valence-electron chi connectivity index (χ4n) is 5.21. The third-order valence-corrected chi connectivity index (χ3v) is 7.82. The number of halogens is 1. The maximum absolute atomic E-state index is 15.4. The number of hydrogen-bond acceptors (Lipinski definition) is 6. The van der Waals surface area contributed by atoms with Crippen LogP contribution < -0.4 is 0 Å². The molecule has 184 valence electrons. The Bertz CT molecular complexity index is 1470. The van der Waals surface area contributed by atoms with Crippen molar-refractivity contribution >= 4 is 11.2 Å². The highest BCUT2D eigenvalue weighted by atomic mass is 19.1. The molecule has 7 rings (SSSR count). The molecule has 0 unspecified atom stereocenters. The van der Waals surface area contributed by atoms with E-state index in [0.29, 0.717) is 46.8 Å². The molecule has 0 radical (unpaired) electrons. The first-order valence-electron chi connectivity index (χ1n) is 13.0. The Morgan fingerprint density at radius 1 is 0.917 bits per heavy atom. The standard InChI is InChI=1S/C28H29FN6O/c1-15-16(2)32-28-26(31-15)25(22-8-5-18(11-23(22)29)17-3-4-17)33-27(34-28)19-9-10-36-24(12-19)20-13-30-35(14-20)21-6-7-21/h5,8,11,13-14,17,19,21,24H,3-4,6-7,9-10,12H2,1-2H3/t19-,24-/m0/s1. The minimum absolute atomic E-state index is 0.0561. The van der Waals surface area contributed by atoms with Gasteiger partial charge in [-0.15, -0.1) is 0 Å². The summed E-state index contributed by atoms with van der Waals surface area (Å²) in [7, 11) is 0. The molecule has 1 aromatic carbocycles. The Morgan fingerprint density at radius 3 is 2.53 bits per heavy atom. The molecule has 0 amide bonds. The van der Waals surface area contributed by atoms with Crippen molar-refractivity contribution in [2.45, 2.75) is 76.4 Å². The van der Waals surface area contributed by atoms with Crippen molar-refractivity contribution in [1.82, 2.24) is 29.7 Å². The molecule has 2 atom stereocenters. The largest absolute Gasteiger partial charge is 0.373 e. The van der Waals surface area contributed by atoms with Crippen LogP contribution in [0.25, 0.3) is 22.4 Å². The van der Waals surface area contributed by atoms with Gasteiger partial charge < -0.3 is 4.74 Å². The molecule has 1 saturated heterocycles. The predicted octanol–water partition coefficient (Wildman–Crippen LogP) is 5.89. The lowest BCUT2D eigenvalue weighted by Crippen LogP contribution is -2.20. The molecule has 0 spiro atoms. The number of nitrogens with zero attached hydrogens (tertiary/aromatic N) is 6. The van der Waals surface area contributed by atoms with Crippen molar-refractivity contribution in [2.24, 2.45) is 0 Å². The highest BCUT2D eigenvalue weighted by molar-refractivity contribution is 5.87. The third kappa shape index (κ3) is 3.97. The zero-order chi connectivity index (χ0) is 24.4. The quantitative estimate of drug-likeness (QED) is 0.352. The van der Waals surface area contributed by atoms with Crippen molar-refractivity contribution < 1.29 is 9.13 Å². The van der Waals surface area contributed by atoms with Crippen LogP contribution in [0.15, 0.2) is 30.6 Å². The van der Waals surface area contributed by atoms with Gasteiger partial charge in [0, 0.05) is 29.8 Å². The fourth-order valence-corrected chi connectivity index (χ4v) is 5.21. The molecule has 4 aromatic rings. The minimum atomic E-state index is -0.261. The lowest BCUT2D eigenvalue weighted by atomic mass is 9.92. The second-order valence-corrected chi connectivity index (χ2v) is 10.6. The lowest BCUT2D eigenvalue weighted by Gasteiger charge is -2.28. The summed E-state index contributed by atoms with van der Waals surface area (Å²) in [5.74, 6) is 0.985. The van der Waals surface area contributed by atoms with Gasteiger partial charge in [-0.25, -0.2) is 24.3 Å². The summed E-state index contributed by atoms with van der Waals surface area (Å²) >= 11 is 0. The number of fused-ring (bicyclic) bond motifs is 1. The average Bonchev–Trinajstić information content (AvgIpc) is 3.83. The maximum Gasteiger partial charge on any atom is 0.182 e. The number of hydrogen-bond donors (Lipinski definition) is 0. The van der Waals surface area contributed by atoms with Crippen LogP contribution in [0.4, 0.5) is 4.39 Å². The van der Waals surface area contributed by atoms with Gasteiger partial charge in [-0.3, -0.25) is 4.68 Å². The van der Waals surface area contributed by atoms with Gasteiger partial charge in [0.15, 0.2) is 5.65 Å². The summed E-state index contributed by atoms with van der Waals surface area (Å²) in [6.07, 6.45) is 10.2. The molecule has 3 aliphatic rings. The first kappa shape index (κ1) is 22.0. The third-order valence-electron chi connectivity index (χ3n) is 7.82. The van der Waals surface area contributed by atoms with Crippen LogP contribution in [-0.4, -0.2) is 36.3 Å². The van der Waals surface area contributed by atoms with Crippen LogP contribution in [0.1, 0.15) is 90.8 Å². The zero-order valence-corrected chi connectivity index (χ0v) is 20.6. The second kappa shape index (κ2) is 8.40. The molecule has 2 aliphatic carbocycles. The van der Waals surface area contributed by atoms with Crippen molar-refractivity contribution in [1.29, 1.82) is 0 Å². The van der Waals surface area contributed by atoms with E-state index in [1.54, 1.807) is 6.07 Å². The Kier molecular flexibility index (Phi) is 5.13. The minimum Gasteiger partial charge on any atom is -0.373 e. The normalized spacial score (nSPS) is 22.3. The Hall–Kier alpha value is -3.26. The van der Waals surface area contributed by atoms with E-state index in [2.05, 4.69) is 16.0 Å². The van der Waals surface area contributed by atoms with Crippen LogP contribution in [0.3, 0.4) is 0 Å². The van der Waals surface area contributed by atoms with Gasteiger partial charge in [-0.1, -0.05) is 6.07 Å². The Balaban J connectivity index is 1.28. The average molecular weight is 485 g/mol. The van der Waals surface area contributed by atoms with Gasteiger partial charge in [-0.2, -0.15) is 5.10 Å². The monoisotopic (exact) mass is 484 g/mol. The van der Waals surface area contributed by atoms with Crippen molar-refractivity contribution in [3.8, 4) is 11.3 Å². The highest BCUT2D eigenvalue weighted by Crippen LogP contribution is 2.42. The summed E-state index contributed by atoms with van der Waals surface area (Å²) < 4.78 is 23.6. The van der Waals surface area contributed by atoms with E-state index in [4.69, 9.17) is 24.7 Å². The molecular weight excluding hydrogens is 455 g/mol. The summed E-state index contributed by atoms with van der Waals surface area (Å²) in [5.41, 5.74) is 5.83. The van der Waals surface area contributed by atoms with E-state index in [0.717, 1.165) is 48.2 Å². The maximum atomic E-state index is 15.4. The van der Waals surface area contributed by atoms with Gasteiger partial charge in [0.1, 0.15) is 22.9 Å². The van der Waals surface area contributed by atoms with E-state index < -0.39 is 0 Å².